The third kappa shape index (κ3) is 6.06. The van der Waals surface area contributed by atoms with Crippen LogP contribution in [0.25, 0.3) is 0 Å². The molecule has 0 saturated heterocycles. The summed E-state index contributed by atoms with van der Waals surface area (Å²) in [6.45, 7) is 3.85. The summed E-state index contributed by atoms with van der Waals surface area (Å²) in [5.74, 6) is -0.431. The lowest BCUT2D eigenvalue weighted by Gasteiger charge is -2.38. The van der Waals surface area contributed by atoms with Gasteiger partial charge in [0.05, 0.1) is 16.6 Å². The third-order valence-corrected chi connectivity index (χ3v) is 8.07. The number of halogens is 3. The molecule has 1 aliphatic rings. The summed E-state index contributed by atoms with van der Waals surface area (Å²) in [5.41, 5.74) is 2.25. The number of benzene rings is 2. The van der Waals surface area contributed by atoms with E-state index in [0.717, 1.165) is 17.5 Å². The molecule has 2 amide bonds. The lowest BCUT2D eigenvalue weighted by molar-refractivity contribution is -0.134. The molecule has 1 unspecified atom stereocenters. The third-order valence-electron chi connectivity index (χ3n) is 6.18. The minimum atomic E-state index is -0.349. The molecule has 1 atom stereocenters. The first-order chi connectivity index (χ1) is 17.4. The van der Waals surface area contributed by atoms with Crippen LogP contribution in [0.15, 0.2) is 53.9 Å². The van der Waals surface area contributed by atoms with Gasteiger partial charge < -0.3 is 14.5 Å². The average molecular weight is 566 g/mol. The van der Waals surface area contributed by atoms with Gasteiger partial charge in [-0.25, -0.2) is 0 Å². The van der Waals surface area contributed by atoms with Crippen molar-refractivity contribution < 1.29 is 14.3 Å². The topological polar surface area (TPSA) is 49.9 Å². The molecular formula is C27H27Cl3N2O3S. The Morgan fingerprint density at radius 1 is 1.08 bits per heavy atom. The zero-order valence-corrected chi connectivity index (χ0v) is 23.0. The molecule has 4 rings (SSSR count). The van der Waals surface area contributed by atoms with Gasteiger partial charge in [0.1, 0.15) is 6.54 Å². The highest BCUT2D eigenvalue weighted by atomic mass is 35.5. The number of thiophene rings is 1. The Morgan fingerprint density at radius 2 is 1.89 bits per heavy atom. The predicted molar refractivity (Wildman–Crippen MR) is 147 cm³/mol. The van der Waals surface area contributed by atoms with Gasteiger partial charge in [-0.1, -0.05) is 53.0 Å². The molecule has 2 heterocycles. The van der Waals surface area contributed by atoms with E-state index in [1.165, 1.54) is 4.88 Å². The summed E-state index contributed by atoms with van der Waals surface area (Å²) in [6, 6.07) is 13.9. The molecule has 0 fully saturated rings. The van der Waals surface area contributed by atoms with Crippen LogP contribution in [0.3, 0.4) is 0 Å². The maximum Gasteiger partial charge on any atom is 0.255 e. The van der Waals surface area contributed by atoms with E-state index in [1.54, 1.807) is 52.6 Å². The molecule has 0 bridgehead atoms. The Hall–Kier alpha value is -2.09. The van der Waals surface area contributed by atoms with Gasteiger partial charge in [-0.3, -0.25) is 9.59 Å². The van der Waals surface area contributed by atoms with Crippen LogP contribution in [-0.4, -0.2) is 54.5 Å². The van der Waals surface area contributed by atoms with E-state index in [1.807, 2.05) is 29.3 Å². The van der Waals surface area contributed by atoms with Crippen LogP contribution in [0.2, 0.25) is 15.1 Å². The number of carbonyl (C=O) groups excluding carboxylic acids is 2. The van der Waals surface area contributed by atoms with E-state index >= 15 is 0 Å². The molecule has 0 radical (unpaired) electrons. The van der Waals surface area contributed by atoms with Gasteiger partial charge in [0.25, 0.3) is 5.91 Å². The lowest BCUT2D eigenvalue weighted by atomic mass is 9.93. The minimum Gasteiger partial charge on any atom is -0.382 e. The van der Waals surface area contributed by atoms with Crippen LogP contribution in [0, 0.1) is 0 Å². The van der Waals surface area contributed by atoms with Crippen LogP contribution in [-0.2, 0) is 16.0 Å². The maximum absolute atomic E-state index is 13.8. The summed E-state index contributed by atoms with van der Waals surface area (Å²) in [5, 5.41) is 3.44. The van der Waals surface area contributed by atoms with Crippen molar-refractivity contribution in [2.75, 3.05) is 32.8 Å². The van der Waals surface area contributed by atoms with Gasteiger partial charge in [0.15, 0.2) is 0 Å². The average Bonchev–Trinajstić information content (AvgIpc) is 3.34. The quantitative estimate of drug-likeness (QED) is 0.270. The van der Waals surface area contributed by atoms with E-state index < -0.39 is 0 Å². The molecule has 5 nitrogen and oxygen atoms in total. The van der Waals surface area contributed by atoms with Gasteiger partial charge in [-0.15, -0.1) is 11.3 Å². The van der Waals surface area contributed by atoms with Crippen molar-refractivity contribution >= 4 is 58.0 Å². The molecule has 0 aliphatic carbocycles. The Morgan fingerprint density at radius 3 is 2.64 bits per heavy atom. The van der Waals surface area contributed by atoms with Crippen molar-refractivity contribution in [2.45, 2.75) is 25.8 Å². The first-order valence-corrected chi connectivity index (χ1v) is 13.8. The van der Waals surface area contributed by atoms with Crippen LogP contribution in [0.4, 0.5) is 0 Å². The number of nitrogens with zero attached hydrogens (tertiary/aromatic N) is 2. The number of amides is 2. The Balaban J connectivity index is 1.62. The van der Waals surface area contributed by atoms with Crippen molar-refractivity contribution in [1.82, 2.24) is 9.80 Å². The van der Waals surface area contributed by atoms with Crippen LogP contribution >= 0.6 is 46.1 Å². The Bertz CT molecular complexity index is 1230. The number of hydrogen-bond acceptors (Lipinski definition) is 4. The monoisotopic (exact) mass is 564 g/mol. The zero-order valence-electron chi connectivity index (χ0n) is 19.9. The van der Waals surface area contributed by atoms with E-state index in [4.69, 9.17) is 39.5 Å². The lowest BCUT2D eigenvalue weighted by Crippen LogP contribution is -2.47. The number of carbonyl (C=O) groups is 2. The summed E-state index contributed by atoms with van der Waals surface area (Å²) in [6.07, 6.45) is 1.36. The predicted octanol–water partition coefficient (Wildman–Crippen LogP) is 6.75. The van der Waals surface area contributed by atoms with Crippen LogP contribution in [0.5, 0.6) is 0 Å². The van der Waals surface area contributed by atoms with Gasteiger partial charge in [-0.05, 0) is 66.6 Å². The molecule has 36 heavy (non-hydrogen) atoms. The first kappa shape index (κ1) is 27.0. The summed E-state index contributed by atoms with van der Waals surface area (Å²) in [4.78, 5) is 31.9. The van der Waals surface area contributed by atoms with Crippen molar-refractivity contribution in [1.29, 1.82) is 0 Å². The summed E-state index contributed by atoms with van der Waals surface area (Å²) in [7, 11) is 0. The standard InChI is InChI=1S/C27H27Cl3N2O3S/c1-2-35-14-5-12-31(27(34)20-6-3-4-7-22(20)29)17-25(33)32-13-10-24-21(11-15-36-24)26(32)19-9-8-18(28)16-23(19)30/h3-4,6-9,11,15-16,26H,2,5,10,12-14,17H2,1H3. The summed E-state index contributed by atoms with van der Waals surface area (Å²) >= 11 is 20.8. The molecule has 1 aliphatic heterocycles. The van der Waals surface area contributed by atoms with Crippen molar-refractivity contribution in [2.24, 2.45) is 0 Å². The molecule has 9 heteroatoms. The molecule has 2 aromatic carbocycles. The largest absolute Gasteiger partial charge is 0.382 e. The highest BCUT2D eigenvalue weighted by molar-refractivity contribution is 7.10. The van der Waals surface area contributed by atoms with Gasteiger partial charge in [0.2, 0.25) is 5.91 Å². The smallest absolute Gasteiger partial charge is 0.255 e. The highest BCUT2D eigenvalue weighted by Gasteiger charge is 2.35. The number of fused-ring (bicyclic) bond motifs is 1. The van der Waals surface area contributed by atoms with Crippen molar-refractivity contribution in [3.8, 4) is 0 Å². The van der Waals surface area contributed by atoms with Crippen molar-refractivity contribution in [3.63, 3.8) is 0 Å². The maximum atomic E-state index is 13.8. The highest BCUT2D eigenvalue weighted by Crippen LogP contribution is 2.41. The summed E-state index contributed by atoms with van der Waals surface area (Å²) < 4.78 is 5.46. The van der Waals surface area contributed by atoms with Crippen molar-refractivity contribution in [3.05, 3.63) is 90.5 Å². The minimum absolute atomic E-state index is 0.0721. The van der Waals surface area contributed by atoms with Crippen LogP contribution < -0.4 is 0 Å². The fraction of sp³-hybridized carbons (Fsp3) is 0.333. The Kier molecular flexibility index (Phi) is 9.31. The van der Waals surface area contributed by atoms with Gasteiger partial charge >= 0.3 is 0 Å². The fourth-order valence-electron chi connectivity index (χ4n) is 4.46. The molecular weight excluding hydrogens is 539 g/mol. The fourth-order valence-corrected chi connectivity index (χ4v) is 6.09. The number of rotatable bonds is 9. The normalized spacial score (nSPS) is 15.0. The number of hydrogen-bond donors (Lipinski definition) is 0. The number of ether oxygens (including phenoxy) is 1. The first-order valence-electron chi connectivity index (χ1n) is 11.8. The van der Waals surface area contributed by atoms with E-state index in [2.05, 4.69) is 0 Å². The van der Waals surface area contributed by atoms with Gasteiger partial charge in [0, 0.05) is 41.2 Å². The second-order valence-electron chi connectivity index (χ2n) is 8.46. The molecule has 1 aromatic heterocycles. The second kappa shape index (κ2) is 12.4. The van der Waals surface area contributed by atoms with Crippen LogP contribution in [0.1, 0.15) is 45.7 Å². The molecule has 3 aromatic rings. The molecule has 0 N–H and O–H groups in total. The zero-order chi connectivity index (χ0) is 25.7. The second-order valence-corrected chi connectivity index (χ2v) is 10.7. The SMILES string of the molecule is CCOCCCN(CC(=O)N1CCc2sccc2C1c1ccc(Cl)cc1Cl)C(=O)c1ccccc1Cl. The Labute approximate surface area is 230 Å². The molecule has 190 valence electrons. The van der Waals surface area contributed by atoms with E-state index in [0.29, 0.717) is 53.4 Å². The van der Waals surface area contributed by atoms with E-state index in [-0.39, 0.29) is 24.4 Å². The van der Waals surface area contributed by atoms with Gasteiger partial charge in [-0.2, -0.15) is 0 Å². The molecule has 0 spiro atoms. The molecule has 0 saturated carbocycles. The van der Waals surface area contributed by atoms with E-state index in [9.17, 15) is 9.59 Å².